The summed E-state index contributed by atoms with van der Waals surface area (Å²) in [6.45, 7) is 2.07. The second kappa shape index (κ2) is 3.25. The molecule has 0 bridgehead atoms. The van der Waals surface area contributed by atoms with Crippen LogP contribution in [0.4, 0.5) is 5.69 Å². The van der Waals surface area contributed by atoms with E-state index in [0.29, 0.717) is 0 Å². The quantitative estimate of drug-likeness (QED) is 0.600. The van der Waals surface area contributed by atoms with Crippen LogP contribution in [-0.4, -0.2) is 0 Å². The molecule has 0 atom stereocenters. The van der Waals surface area contributed by atoms with Gasteiger partial charge in [0.15, 0.2) is 0 Å². The Morgan fingerprint density at radius 3 is 3.00 bits per heavy atom. The fourth-order valence-corrected chi connectivity index (χ4v) is 1.79. The zero-order chi connectivity index (χ0) is 9.26. The van der Waals surface area contributed by atoms with Gasteiger partial charge in [0.25, 0.3) is 0 Å². The van der Waals surface area contributed by atoms with E-state index in [1.165, 1.54) is 36.0 Å². The Morgan fingerprint density at radius 1 is 1.31 bits per heavy atom. The first-order valence-corrected chi connectivity index (χ1v) is 4.83. The first-order chi connectivity index (χ1) is 6.27. The highest BCUT2D eigenvalue weighted by atomic mass is 14.6. The molecule has 0 unspecified atom stereocenters. The maximum atomic E-state index is 5.86. The molecule has 68 valence electrons. The molecule has 0 aliphatic heterocycles. The highest BCUT2D eigenvalue weighted by Crippen LogP contribution is 2.23. The van der Waals surface area contributed by atoms with Gasteiger partial charge in [-0.05, 0) is 48.9 Å². The predicted molar refractivity (Wildman–Crippen MR) is 57.6 cm³/mol. The second-order valence-corrected chi connectivity index (χ2v) is 3.70. The van der Waals surface area contributed by atoms with E-state index in [0.717, 1.165) is 5.69 Å². The summed E-state index contributed by atoms with van der Waals surface area (Å²) in [5.41, 5.74) is 10.7. The molecular weight excluding hydrogens is 158 g/mol. The number of fused-ring (bicyclic) bond motifs is 1. The van der Waals surface area contributed by atoms with Crippen LogP contribution in [0.5, 0.6) is 0 Å². The van der Waals surface area contributed by atoms with E-state index >= 15 is 0 Å². The molecule has 0 radical (unpaired) electrons. The summed E-state index contributed by atoms with van der Waals surface area (Å²) in [7, 11) is 0. The minimum atomic E-state index is 0.908. The van der Waals surface area contributed by atoms with Crippen molar-refractivity contribution in [3.8, 4) is 0 Å². The molecule has 0 amide bonds. The Kier molecular flexibility index (Phi) is 2.09. The van der Waals surface area contributed by atoms with Crippen molar-refractivity contribution in [3.05, 3.63) is 34.9 Å². The molecule has 1 heteroatoms. The normalized spacial score (nSPS) is 15.2. The van der Waals surface area contributed by atoms with Gasteiger partial charge in [0.1, 0.15) is 0 Å². The molecule has 1 aliphatic rings. The summed E-state index contributed by atoms with van der Waals surface area (Å²) in [5.74, 6) is 0. The highest BCUT2D eigenvalue weighted by molar-refractivity contribution is 5.63. The van der Waals surface area contributed by atoms with Crippen LogP contribution < -0.4 is 5.73 Å². The number of allylic oxidation sites excluding steroid dienone is 1. The number of nitrogens with two attached hydrogens (primary N) is 1. The molecule has 0 saturated carbocycles. The van der Waals surface area contributed by atoms with Crippen LogP contribution in [0.2, 0.25) is 0 Å². The zero-order valence-electron chi connectivity index (χ0n) is 8.01. The minimum absolute atomic E-state index is 0.908. The van der Waals surface area contributed by atoms with E-state index in [2.05, 4.69) is 31.2 Å². The van der Waals surface area contributed by atoms with Crippen LogP contribution >= 0.6 is 0 Å². The van der Waals surface area contributed by atoms with Crippen LogP contribution in [-0.2, 0) is 6.42 Å². The number of nitrogen functional groups attached to an aromatic ring is 1. The van der Waals surface area contributed by atoms with Gasteiger partial charge < -0.3 is 5.73 Å². The lowest BCUT2D eigenvalue weighted by Crippen LogP contribution is -1.95. The number of aryl methyl sites for hydroxylation is 2. The lowest BCUT2D eigenvalue weighted by atomic mass is 10.0. The van der Waals surface area contributed by atoms with Crippen LogP contribution in [0.1, 0.15) is 29.5 Å². The van der Waals surface area contributed by atoms with Crippen LogP contribution in [0.25, 0.3) is 6.08 Å². The van der Waals surface area contributed by atoms with E-state index in [1.807, 2.05) is 0 Å². The van der Waals surface area contributed by atoms with Crippen molar-refractivity contribution in [2.75, 3.05) is 5.73 Å². The van der Waals surface area contributed by atoms with Crippen LogP contribution in [0.3, 0.4) is 0 Å². The third-order valence-corrected chi connectivity index (χ3v) is 2.64. The maximum Gasteiger partial charge on any atom is 0.0349 e. The average molecular weight is 173 g/mol. The first kappa shape index (κ1) is 8.36. The Morgan fingerprint density at radius 2 is 2.15 bits per heavy atom. The van der Waals surface area contributed by atoms with E-state index in [9.17, 15) is 0 Å². The summed E-state index contributed by atoms with van der Waals surface area (Å²) in [6.07, 6.45) is 8.06. The number of anilines is 1. The van der Waals surface area contributed by atoms with Gasteiger partial charge in [0.05, 0.1) is 0 Å². The topological polar surface area (TPSA) is 26.0 Å². The van der Waals surface area contributed by atoms with Crippen molar-refractivity contribution in [1.82, 2.24) is 0 Å². The van der Waals surface area contributed by atoms with Gasteiger partial charge in [-0.3, -0.25) is 0 Å². The lowest BCUT2D eigenvalue weighted by Gasteiger charge is -2.07. The van der Waals surface area contributed by atoms with E-state index in [-0.39, 0.29) is 0 Å². The maximum absolute atomic E-state index is 5.86. The SMILES string of the molecule is Cc1cc2c(cc1N)C=CCCC2. The summed E-state index contributed by atoms with van der Waals surface area (Å²) < 4.78 is 0. The van der Waals surface area contributed by atoms with Gasteiger partial charge in [-0.15, -0.1) is 0 Å². The van der Waals surface area contributed by atoms with Crippen molar-refractivity contribution in [2.45, 2.75) is 26.2 Å². The molecule has 0 spiro atoms. The Balaban J connectivity index is 2.52. The summed E-state index contributed by atoms with van der Waals surface area (Å²) >= 11 is 0. The standard InChI is InChI=1S/C12H15N/c1-9-7-10-5-3-2-4-6-11(10)8-12(9)13/h4,6-8H,2-3,5,13H2,1H3. The lowest BCUT2D eigenvalue weighted by molar-refractivity contribution is 0.851. The molecule has 0 fully saturated rings. The van der Waals surface area contributed by atoms with Gasteiger partial charge in [0, 0.05) is 5.69 Å². The van der Waals surface area contributed by atoms with Crippen LogP contribution in [0, 0.1) is 6.92 Å². The van der Waals surface area contributed by atoms with Gasteiger partial charge >= 0.3 is 0 Å². The molecule has 13 heavy (non-hydrogen) atoms. The number of benzene rings is 1. The molecule has 1 nitrogen and oxygen atoms in total. The van der Waals surface area contributed by atoms with Gasteiger partial charge in [-0.25, -0.2) is 0 Å². The Hall–Kier alpha value is -1.24. The molecule has 1 aromatic carbocycles. The van der Waals surface area contributed by atoms with Crippen molar-refractivity contribution in [3.63, 3.8) is 0 Å². The second-order valence-electron chi connectivity index (χ2n) is 3.70. The van der Waals surface area contributed by atoms with E-state index in [1.54, 1.807) is 0 Å². The highest BCUT2D eigenvalue weighted by Gasteiger charge is 2.05. The number of hydrogen-bond acceptors (Lipinski definition) is 1. The van der Waals surface area contributed by atoms with E-state index < -0.39 is 0 Å². The predicted octanol–water partition coefficient (Wildman–Crippen LogP) is 2.93. The van der Waals surface area contributed by atoms with Gasteiger partial charge in [-0.1, -0.05) is 18.2 Å². The third-order valence-electron chi connectivity index (χ3n) is 2.64. The Bertz CT molecular complexity index is 350. The molecule has 0 aromatic heterocycles. The summed E-state index contributed by atoms with van der Waals surface area (Å²) in [6, 6.07) is 4.31. The fourth-order valence-electron chi connectivity index (χ4n) is 1.79. The number of rotatable bonds is 0. The largest absolute Gasteiger partial charge is 0.398 e. The molecule has 0 heterocycles. The molecule has 1 aromatic rings. The smallest absolute Gasteiger partial charge is 0.0349 e. The van der Waals surface area contributed by atoms with E-state index in [4.69, 9.17) is 5.73 Å². The molecular formula is C12H15N. The van der Waals surface area contributed by atoms with Gasteiger partial charge in [-0.2, -0.15) is 0 Å². The molecule has 2 N–H and O–H groups in total. The van der Waals surface area contributed by atoms with Crippen molar-refractivity contribution >= 4 is 11.8 Å². The number of hydrogen-bond donors (Lipinski definition) is 1. The first-order valence-electron chi connectivity index (χ1n) is 4.83. The molecule has 2 rings (SSSR count). The van der Waals surface area contributed by atoms with Crippen molar-refractivity contribution < 1.29 is 0 Å². The zero-order valence-corrected chi connectivity index (χ0v) is 8.01. The summed E-state index contributed by atoms with van der Waals surface area (Å²) in [4.78, 5) is 0. The molecule has 1 aliphatic carbocycles. The average Bonchev–Trinajstić information content (AvgIpc) is 2.31. The third kappa shape index (κ3) is 1.59. The Labute approximate surface area is 79.3 Å². The van der Waals surface area contributed by atoms with Gasteiger partial charge in [0.2, 0.25) is 0 Å². The van der Waals surface area contributed by atoms with Crippen molar-refractivity contribution in [2.24, 2.45) is 0 Å². The van der Waals surface area contributed by atoms with Crippen LogP contribution in [0.15, 0.2) is 18.2 Å². The monoisotopic (exact) mass is 173 g/mol. The minimum Gasteiger partial charge on any atom is -0.398 e. The molecule has 0 saturated heterocycles. The fraction of sp³-hybridized carbons (Fsp3) is 0.333. The van der Waals surface area contributed by atoms with Crippen molar-refractivity contribution in [1.29, 1.82) is 0 Å². The summed E-state index contributed by atoms with van der Waals surface area (Å²) in [5, 5.41) is 0.